The maximum atomic E-state index is 12.5. The highest BCUT2D eigenvalue weighted by Gasteiger charge is 2.46. The quantitative estimate of drug-likeness (QED) is 0.863. The number of hydrogen-bond acceptors (Lipinski definition) is 5. The molecule has 0 aliphatic carbocycles. The monoisotopic (exact) mass is 328 g/mol. The van der Waals surface area contributed by atoms with E-state index in [0.29, 0.717) is 25.0 Å². The van der Waals surface area contributed by atoms with Crippen molar-refractivity contribution in [1.82, 2.24) is 19.8 Å². The normalized spacial score (nSPS) is 24.4. The average Bonchev–Trinajstić information content (AvgIpc) is 3.21. The Morgan fingerprint density at radius 3 is 2.91 bits per heavy atom. The van der Waals surface area contributed by atoms with Crippen molar-refractivity contribution in [2.24, 2.45) is 0 Å². The van der Waals surface area contributed by atoms with E-state index in [-0.39, 0.29) is 5.91 Å². The van der Waals surface area contributed by atoms with E-state index in [2.05, 4.69) is 26.3 Å². The molecule has 0 unspecified atom stereocenters. The third kappa shape index (κ3) is 2.88. The topological polar surface area (TPSA) is 49.3 Å². The van der Waals surface area contributed by atoms with Gasteiger partial charge in [-0.25, -0.2) is 4.98 Å². The molecule has 0 saturated carbocycles. The molecule has 2 aromatic heterocycles. The van der Waals surface area contributed by atoms with Gasteiger partial charge in [-0.15, -0.1) is 11.3 Å². The van der Waals surface area contributed by atoms with Gasteiger partial charge in [-0.3, -0.25) is 14.7 Å². The molecule has 2 aliphatic rings. The van der Waals surface area contributed by atoms with Crippen molar-refractivity contribution in [1.29, 1.82) is 0 Å². The Morgan fingerprint density at radius 2 is 2.17 bits per heavy atom. The van der Waals surface area contributed by atoms with Crippen molar-refractivity contribution in [2.75, 3.05) is 6.54 Å². The number of carbonyl (C=O) groups excluding carboxylic acids is 1. The molecule has 23 heavy (non-hydrogen) atoms. The Labute approximate surface area is 140 Å². The number of rotatable bonds is 4. The van der Waals surface area contributed by atoms with E-state index < -0.39 is 0 Å². The van der Waals surface area contributed by atoms with Crippen molar-refractivity contribution >= 4 is 17.2 Å². The second kappa shape index (κ2) is 6.02. The highest BCUT2D eigenvalue weighted by atomic mass is 32.1. The maximum absolute atomic E-state index is 12.5. The van der Waals surface area contributed by atoms with E-state index in [4.69, 9.17) is 0 Å². The molecule has 4 rings (SSSR count). The summed E-state index contributed by atoms with van der Waals surface area (Å²) in [4.78, 5) is 25.8. The number of aromatic nitrogens is 2. The smallest absolute Gasteiger partial charge is 0.224 e. The summed E-state index contributed by atoms with van der Waals surface area (Å²) in [5.74, 6) is 0.261. The molecule has 0 N–H and O–H groups in total. The second-order valence-electron chi connectivity index (χ2n) is 6.30. The van der Waals surface area contributed by atoms with Crippen LogP contribution in [0.4, 0.5) is 0 Å². The van der Waals surface area contributed by atoms with Crippen molar-refractivity contribution in [3.63, 3.8) is 0 Å². The van der Waals surface area contributed by atoms with Gasteiger partial charge in [0.15, 0.2) is 0 Å². The molecule has 4 heterocycles. The van der Waals surface area contributed by atoms with Crippen molar-refractivity contribution in [3.8, 4) is 0 Å². The van der Waals surface area contributed by atoms with Crippen LogP contribution in [0.3, 0.4) is 0 Å². The van der Waals surface area contributed by atoms with Gasteiger partial charge in [0.05, 0.1) is 22.9 Å². The molecule has 1 amide bonds. The fourth-order valence-electron chi connectivity index (χ4n) is 3.77. The predicted molar refractivity (Wildman–Crippen MR) is 88.9 cm³/mol. The summed E-state index contributed by atoms with van der Waals surface area (Å²) in [7, 11) is 0. The fraction of sp³-hybridized carbons (Fsp3) is 0.471. The lowest BCUT2D eigenvalue weighted by atomic mass is 10.1. The van der Waals surface area contributed by atoms with Crippen LogP contribution < -0.4 is 0 Å². The van der Waals surface area contributed by atoms with Crippen molar-refractivity contribution < 1.29 is 4.79 Å². The summed E-state index contributed by atoms with van der Waals surface area (Å²) in [5.41, 5.74) is 2.10. The van der Waals surface area contributed by atoms with Gasteiger partial charge in [0.2, 0.25) is 5.91 Å². The Bertz CT molecular complexity index is 702. The third-order valence-corrected chi connectivity index (χ3v) is 5.64. The minimum atomic E-state index is 0.261. The van der Waals surface area contributed by atoms with Gasteiger partial charge in [-0.05, 0) is 25.5 Å². The second-order valence-corrected chi connectivity index (χ2v) is 7.36. The van der Waals surface area contributed by atoms with Gasteiger partial charge < -0.3 is 4.90 Å². The van der Waals surface area contributed by atoms with Crippen LogP contribution in [-0.2, 0) is 17.9 Å². The maximum Gasteiger partial charge on any atom is 0.224 e. The van der Waals surface area contributed by atoms with Crippen LogP contribution in [0.1, 0.15) is 29.2 Å². The minimum absolute atomic E-state index is 0.261. The Kier molecular flexibility index (Phi) is 3.87. The first kappa shape index (κ1) is 14.8. The van der Waals surface area contributed by atoms with E-state index in [1.165, 1.54) is 0 Å². The number of fused-ring (bicyclic) bond motifs is 1. The molecule has 2 atom stereocenters. The standard InChI is InChI=1S/C17H20N4OS/c1-12-19-14(11-23-12)10-21-15-5-7-20(16(15)8-17(21)22)9-13-4-2-3-6-18-13/h2-4,6,11,15-16H,5,7-10H2,1H3/t15-,16-/m0/s1. The first-order valence-electron chi connectivity index (χ1n) is 8.05. The molecular formula is C17H20N4OS. The van der Waals surface area contributed by atoms with Crippen LogP contribution in [0.15, 0.2) is 29.8 Å². The van der Waals surface area contributed by atoms with E-state index in [1.807, 2.05) is 30.2 Å². The number of carbonyl (C=O) groups is 1. The van der Waals surface area contributed by atoms with Gasteiger partial charge in [-0.2, -0.15) is 0 Å². The van der Waals surface area contributed by atoms with Crippen LogP contribution >= 0.6 is 11.3 Å². The number of aryl methyl sites for hydroxylation is 1. The number of hydrogen-bond donors (Lipinski definition) is 0. The Balaban J connectivity index is 1.46. The lowest BCUT2D eigenvalue weighted by molar-refractivity contribution is -0.129. The molecule has 2 aliphatic heterocycles. The Hall–Kier alpha value is -1.79. The molecule has 6 heteroatoms. The fourth-order valence-corrected chi connectivity index (χ4v) is 4.37. The summed E-state index contributed by atoms with van der Waals surface area (Å²) < 4.78 is 0. The highest BCUT2D eigenvalue weighted by Crippen LogP contribution is 2.34. The molecule has 0 spiro atoms. The van der Waals surface area contributed by atoms with Gasteiger partial charge >= 0.3 is 0 Å². The summed E-state index contributed by atoms with van der Waals surface area (Å²) in [6.07, 6.45) is 3.51. The molecule has 2 saturated heterocycles. The van der Waals surface area contributed by atoms with Crippen LogP contribution in [0.2, 0.25) is 0 Å². The van der Waals surface area contributed by atoms with Crippen LogP contribution in [0.25, 0.3) is 0 Å². The molecule has 0 radical (unpaired) electrons. The highest BCUT2D eigenvalue weighted by molar-refractivity contribution is 7.09. The van der Waals surface area contributed by atoms with E-state index in [1.54, 1.807) is 11.3 Å². The molecule has 120 valence electrons. The van der Waals surface area contributed by atoms with E-state index >= 15 is 0 Å². The molecule has 2 fully saturated rings. The molecular weight excluding hydrogens is 308 g/mol. The van der Waals surface area contributed by atoms with E-state index in [9.17, 15) is 4.79 Å². The summed E-state index contributed by atoms with van der Waals surface area (Å²) >= 11 is 1.65. The van der Waals surface area contributed by atoms with Gasteiger partial charge in [0.25, 0.3) is 0 Å². The molecule has 5 nitrogen and oxygen atoms in total. The van der Waals surface area contributed by atoms with Crippen molar-refractivity contribution in [3.05, 3.63) is 46.2 Å². The van der Waals surface area contributed by atoms with Gasteiger partial charge in [0.1, 0.15) is 0 Å². The third-order valence-electron chi connectivity index (χ3n) is 4.82. The van der Waals surface area contributed by atoms with Gasteiger partial charge in [0, 0.05) is 43.2 Å². The number of amides is 1. The van der Waals surface area contributed by atoms with Gasteiger partial charge in [-0.1, -0.05) is 6.07 Å². The van der Waals surface area contributed by atoms with Crippen molar-refractivity contribution in [2.45, 2.75) is 44.9 Å². The summed E-state index contributed by atoms with van der Waals surface area (Å²) in [6.45, 7) is 4.53. The molecule has 0 bridgehead atoms. The SMILES string of the molecule is Cc1nc(CN2C(=O)C[C@H]3[C@@H]2CCN3Cc2ccccn2)cs1. The summed E-state index contributed by atoms with van der Waals surface area (Å²) in [6, 6.07) is 6.66. The van der Waals surface area contributed by atoms with Crippen LogP contribution in [-0.4, -0.2) is 44.3 Å². The zero-order valence-electron chi connectivity index (χ0n) is 13.2. The summed E-state index contributed by atoms with van der Waals surface area (Å²) in [5, 5.41) is 3.13. The largest absolute Gasteiger partial charge is 0.332 e. The number of thiazole rings is 1. The first-order chi connectivity index (χ1) is 11.2. The molecule has 2 aromatic rings. The predicted octanol–water partition coefficient (Wildman–Crippen LogP) is 2.22. The van der Waals surface area contributed by atoms with E-state index in [0.717, 1.165) is 35.9 Å². The number of nitrogens with zero attached hydrogens (tertiary/aromatic N) is 4. The molecule has 0 aromatic carbocycles. The number of pyridine rings is 1. The van der Waals surface area contributed by atoms with Crippen LogP contribution in [0, 0.1) is 6.92 Å². The zero-order valence-corrected chi connectivity index (χ0v) is 14.0. The minimum Gasteiger partial charge on any atom is -0.332 e. The average molecular weight is 328 g/mol. The lowest BCUT2D eigenvalue weighted by Gasteiger charge is -2.24. The number of likely N-dealkylation sites (tertiary alicyclic amines) is 2. The first-order valence-corrected chi connectivity index (χ1v) is 8.93. The van der Waals surface area contributed by atoms with Crippen LogP contribution in [0.5, 0.6) is 0 Å². The lowest BCUT2D eigenvalue weighted by Crippen LogP contribution is -2.36. The zero-order chi connectivity index (χ0) is 15.8. The Morgan fingerprint density at radius 1 is 1.26 bits per heavy atom.